The Hall–Kier alpha value is -3.12. The number of allylic oxidation sites excluding steroid dienone is 5. The molecule has 30 heavy (non-hydrogen) atoms. The first-order valence-electron chi connectivity index (χ1n) is 9.76. The summed E-state index contributed by atoms with van der Waals surface area (Å²) in [5, 5.41) is 0. The van der Waals surface area contributed by atoms with Crippen molar-refractivity contribution in [3.8, 4) is 5.75 Å². The van der Waals surface area contributed by atoms with Gasteiger partial charge >= 0.3 is 0 Å². The molecule has 0 N–H and O–H groups in total. The highest BCUT2D eigenvalue weighted by atomic mass is 32.2. The normalized spacial score (nSPS) is 19.8. The van der Waals surface area contributed by atoms with E-state index in [1.165, 1.54) is 11.4 Å². The topological polar surface area (TPSA) is 63.7 Å². The number of anilines is 1. The third-order valence-corrected chi connectivity index (χ3v) is 7.13. The zero-order valence-electron chi connectivity index (χ0n) is 16.9. The lowest BCUT2D eigenvalue weighted by Gasteiger charge is -2.32. The molecule has 0 bridgehead atoms. The number of nitrogens with zero attached hydrogens (tertiary/aromatic N) is 1. The van der Waals surface area contributed by atoms with E-state index in [1.807, 2.05) is 37.3 Å². The van der Waals surface area contributed by atoms with Crippen LogP contribution in [0.1, 0.15) is 22.3 Å². The van der Waals surface area contributed by atoms with Crippen LogP contribution >= 0.6 is 0 Å². The van der Waals surface area contributed by atoms with Gasteiger partial charge in [-0.2, -0.15) is 0 Å². The molecule has 0 fully saturated rings. The van der Waals surface area contributed by atoms with Crippen LogP contribution in [0.3, 0.4) is 0 Å². The smallest absolute Gasteiger partial charge is 0.264 e. The van der Waals surface area contributed by atoms with Gasteiger partial charge in [-0.1, -0.05) is 48.1 Å². The number of Topliss-reactive ketones (excluding diaryl/α,β-unsaturated/α-hetero) is 1. The number of benzene rings is 2. The summed E-state index contributed by atoms with van der Waals surface area (Å²) in [7, 11) is -2.32. The number of carbonyl (C=O) groups excluding carboxylic acids is 1. The van der Waals surface area contributed by atoms with Crippen molar-refractivity contribution >= 4 is 21.5 Å². The summed E-state index contributed by atoms with van der Waals surface area (Å²) < 4.78 is 33.6. The predicted octanol–water partition coefficient (Wildman–Crippen LogP) is 4.45. The highest BCUT2D eigenvalue weighted by Crippen LogP contribution is 2.36. The second kappa shape index (κ2) is 7.95. The molecule has 1 heterocycles. The van der Waals surface area contributed by atoms with E-state index in [9.17, 15) is 13.2 Å². The van der Waals surface area contributed by atoms with E-state index in [0.717, 1.165) is 12.0 Å². The Bertz CT molecular complexity index is 1170. The van der Waals surface area contributed by atoms with Gasteiger partial charge in [0, 0.05) is 5.57 Å². The lowest BCUT2D eigenvalue weighted by Crippen LogP contribution is -2.39. The summed E-state index contributed by atoms with van der Waals surface area (Å²) in [6.45, 7) is 1.91. The molecular formula is C24H23NO4S. The SMILES string of the molecule is COc1ccc2c(c1)C(=O)C(=CC1C=CC=CC1)CN2S(=O)(=O)c1ccc(C)cc1. The Morgan fingerprint density at radius 1 is 1.10 bits per heavy atom. The van der Waals surface area contributed by atoms with Crippen molar-refractivity contribution < 1.29 is 17.9 Å². The van der Waals surface area contributed by atoms with Gasteiger partial charge in [0.25, 0.3) is 10.0 Å². The maximum absolute atomic E-state index is 13.5. The van der Waals surface area contributed by atoms with Crippen LogP contribution in [-0.2, 0) is 10.0 Å². The number of hydrogen-bond acceptors (Lipinski definition) is 4. The van der Waals surface area contributed by atoms with Crippen LogP contribution < -0.4 is 9.04 Å². The van der Waals surface area contributed by atoms with Gasteiger partial charge in [-0.15, -0.1) is 0 Å². The summed E-state index contributed by atoms with van der Waals surface area (Å²) >= 11 is 0. The van der Waals surface area contributed by atoms with E-state index in [1.54, 1.807) is 42.5 Å². The van der Waals surface area contributed by atoms with Gasteiger partial charge in [0.05, 0.1) is 29.8 Å². The maximum Gasteiger partial charge on any atom is 0.264 e. The van der Waals surface area contributed by atoms with Crippen molar-refractivity contribution in [1.82, 2.24) is 0 Å². The van der Waals surface area contributed by atoms with Crippen LogP contribution in [0.5, 0.6) is 5.75 Å². The van der Waals surface area contributed by atoms with Crippen molar-refractivity contribution in [2.45, 2.75) is 18.2 Å². The van der Waals surface area contributed by atoms with Gasteiger partial charge in [0.15, 0.2) is 5.78 Å². The van der Waals surface area contributed by atoms with Gasteiger partial charge < -0.3 is 4.74 Å². The lowest BCUT2D eigenvalue weighted by atomic mass is 9.91. The average molecular weight is 422 g/mol. The number of ether oxygens (including phenoxy) is 1. The zero-order chi connectivity index (χ0) is 21.3. The molecule has 2 aromatic rings. The van der Waals surface area contributed by atoms with E-state index in [0.29, 0.717) is 22.6 Å². The van der Waals surface area contributed by atoms with E-state index in [-0.39, 0.29) is 23.1 Å². The average Bonchev–Trinajstić information content (AvgIpc) is 2.76. The number of hydrogen-bond donors (Lipinski definition) is 0. The molecule has 0 radical (unpaired) electrons. The van der Waals surface area contributed by atoms with Gasteiger partial charge in [0.2, 0.25) is 0 Å². The summed E-state index contributed by atoms with van der Waals surface area (Å²) in [5.74, 6) is 0.406. The first-order chi connectivity index (χ1) is 14.4. The van der Waals surface area contributed by atoms with Gasteiger partial charge in [-0.25, -0.2) is 8.42 Å². The second-order valence-electron chi connectivity index (χ2n) is 7.44. The fourth-order valence-electron chi connectivity index (χ4n) is 3.69. The molecular weight excluding hydrogens is 398 g/mol. The predicted molar refractivity (Wildman–Crippen MR) is 118 cm³/mol. The molecule has 1 aliphatic carbocycles. The molecule has 0 amide bonds. The molecule has 0 spiro atoms. The quantitative estimate of drug-likeness (QED) is 0.684. The summed E-state index contributed by atoms with van der Waals surface area (Å²) in [6, 6.07) is 11.7. The molecule has 0 saturated heterocycles. The van der Waals surface area contributed by atoms with Crippen LogP contribution in [0.15, 0.2) is 83.3 Å². The van der Waals surface area contributed by atoms with E-state index in [4.69, 9.17) is 4.74 Å². The van der Waals surface area contributed by atoms with Crippen LogP contribution in [0.4, 0.5) is 5.69 Å². The molecule has 4 rings (SSSR count). The monoisotopic (exact) mass is 421 g/mol. The largest absolute Gasteiger partial charge is 0.497 e. The molecule has 154 valence electrons. The molecule has 5 nitrogen and oxygen atoms in total. The highest BCUT2D eigenvalue weighted by Gasteiger charge is 2.35. The number of carbonyl (C=O) groups is 1. The number of methoxy groups -OCH3 is 1. The van der Waals surface area contributed by atoms with Crippen molar-refractivity contribution in [3.63, 3.8) is 0 Å². The molecule has 6 heteroatoms. The second-order valence-corrected chi connectivity index (χ2v) is 9.30. The maximum atomic E-state index is 13.5. The first-order valence-corrected chi connectivity index (χ1v) is 11.2. The molecule has 2 aromatic carbocycles. The van der Waals surface area contributed by atoms with E-state index < -0.39 is 10.0 Å². The fraction of sp³-hybridized carbons (Fsp3) is 0.208. The Kier molecular flexibility index (Phi) is 5.35. The Balaban J connectivity index is 1.83. The molecule has 1 aliphatic heterocycles. The molecule has 0 aromatic heterocycles. The Morgan fingerprint density at radius 3 is 2.53 bits per heavy atom. The van der Waals surface area contributed by atoms with Gasteiger partial charge in [0.1, 0.15) is 5.75 Å². The van der Waals surface area contributed by atoms with Gasteiger partial charge in [-0.05, 0) is 49.6 Å². The Morgan fingerprint density at radius 2 is 1.87 bits per heavy atom. The van der Waals surface area contributed by atoms with Crippen LogP contribution in [0.2, 0.25) is 0 Å². The number of ketones is 1. The standard InChI is InChI=1S/C24H23NO4S/c1-17-8-11-21(12-9-17)30(27,28)25-16-19(14-18-6-4-3-5-7-18)24(26)22-15-20(29-2)10-13-23(22)25/h3-6,8-15,18H,7,16H2,1-2H3. The number of sulfonamides is 1. The third kappa shape index (κ3) is 3.71. The first kappa shape index (κ1) is 20.2. The van der Waals surface area contributed by atoms with Crippen molar-refractivity contribution in [1.29, 1.82) is 0 Å². The highest BCUT2D eigenvalue weighted by molar-refractivity contribution is 7.92. The molecule has 0 saturated carbocycles. The van der Waals surface area contributed by atoms with E-state index in [2.05, 4.69) is 0 Å². The minimum Gasteiger partial charge on any atom is -0.497 e. The third-order valence-electron chi connectivity index (χ3n) is 5.36. The summed E-state index contributed by atoms with van der Waals surface area (Å²) in [4.78, 5) is 13.4. The van der Waals surface area contributed by atoms with Crippen molar-refractivity contribution in [2.75, 3.05) is 18.0 Å². The zero-order valence-corrected chi connectivity index (χ0v) is 17.7. The van der Waals surface area contributed by atoms with Crippen LogP contribution in [-0.4, -0.2) is 27.9 Å². The van der Waals surface area contributed by atoms with Gasteiger partial charge in [-0.3, -0.25) is 9.10 Å². The minimum absolute atomic E-state index is 0.00241. The van der Waals surface area contributed by atoms with Crippen LogP contribution in [0, 0.1) is 12.8 Å². The fourth-order valence-corrected chi connectivity index (χ4v) is 5.15. The number of aryl methyl sites for hydroxylation is 1. The number of rotatable bonds is 4. The van der Waals surface area contributed by atoms with E-state index >= 15 is 0 Å². The Labute approximate surface area is 177 Å². The summed E-state index contributed by atoms with van der Waals surface area (Å²) in [6.07, 6.45) is 10.6. The lowest BCUT2D eigenvalue weighted by molar-refractivity contribution is 0.103. The number of fused-ring (bicyclic) bond motifs is 1. The van der Waals surface area contributed by atoms with Crippen molar-refractivity contribution in [2.24, 2.45) is 5.92 Å². The molecule has 1 atom stereocenters. The van der Waals surface area contributed by atoms with Crippen molar-refractivity contribution in [3.05, 3.63) is 89.5 Å². The minimum atomic E-state index is -3.84. The molecule has 2 aliphatic rings. The summed E-state index contributed by atoms with van der Waals surface area (Å²) in [5.41, 5.74) is 2.15. The molecule has 1 unspecified atom stereocenters. The van der Waals surface area contributed by atoms with Crippen LogP contribution in [0.25, 0.3) is 0 Å².